The molecule has 0 radical (unpaired) electrons. The molecule has 1 atom stereocenters. The first-order chi connectivity index (χ1) is 7.66. The van der Waals surface area contributed by atoms with Gasteiger partial charge in [0, 0.05) is 11.8 Å². The Morgan fingerprint density at radius 1 is 1.69 bits per heavy atom. The van der Waals surface area contributed by atoms with Crippen LogP contribution in [0.4, 0.5) is 17.5 Å². The van der Waals surface area contributed by atoms with Crippen molar-refractivity contribution in [1.82, 2.24) is 9.97 Å². The van der Waals surface area contributed by atoms with Crippen LogP contribution in [-0.2, 0) is 0 Å². The highest BCUT2D eigenvalue weighted by Crippen LogP contribution is 2.26. The highest BCUT2D eigenvalue weighted by molar-refractivity contribution is 7.99. The van der Waals surface area contributed by atoms with Crippen LogP contribution in [0.25, 0.3) is 0 Å². The van der Waals surface area contributed by atoms with Crippen LogP contribution >= 0.6 is 11.8 Å². The van der Waals surface area contributed by atoms with E-state index in [0.29, 0.717) is 0 Å². The first-order valence-corrected chi connectivity index (χ1v) is 5.93. The van der Waals surface area contributed by atoms with Crippen molar-refractivity contribution < 1.29 is 4.92 Å². The first kappa shape index (κ1) is 10.9. The fourth-order valence-corrected chi connectivity index (χ4v) is 2.62. The maximum atomic E-state index is 10.7. The van der Waals surface area contributed by atoms with Gasteiger partial charge in [0.15, 0.2) is 0 Å². The van der Waals surface area contributed by atoms with Gasteiger partial charge in [-0.15, -0.1) is 0 Å². The normalized spacial score (nSPS) is 19.6. The van der Waals surface area contributed by atoms with Gasteiger partial charge in [-0.25, -0.2) is 4.98 Å². The number of anilines is 2. The summed E-state index contributed by atoms with van der Waals surface area (Å²) in [6.07, 6.45) is 2.11. The lowest BCUT2D eigenvalue weighted by Gasteiger charge is -2.11. The summed E-state index contributed by atoms with van der Waals surface area (Å²) in [5.74, 6) is 2.25. The Kier molecular flexibility index (Phi) is 3.09. The van der Waals surface area contributed by atoms with Gasteiger partial charge in [-0.1, -0.05) is 0 Å². The molecule has 3 N–H and O–H groups in total. The van der Waals surface area contributed by atoms with E-state index in [4.69, 9.17) is 5.73 Å². The van der Waals surface area contributed by atoms with E-state index in [1.54, 1.807) is 0 Å². The lowest BCUT2D eigenvalue weighted by atomic mass is 10.2. The second kappa shape index (κ2) is 4.52. The van der Waals surface area contributed by atoms with Gasteiger partial charge in [-0.2, -0.15) is 16.7 Å². The quantitative estimate of drug-likeness (QED) is 0.597. The predicted molar refractivity (Wildman–Crippen MR) is 62.5 cm³/mol. The summed E-state index contributed by atoms with van der Waals surface area (Å²) < 4.78 is 0. The fraction of sp³-hybridized carbons (Fsp3) is 0.500. The zero-order valence-corrected chi connectivity index (χ0v) is 9.24. The molecule has 2 rings (SSSR count). The number of hydrogen-bond acceptors (Lipinski definition) is 7. The molecule has 86 valence electrons. The monoisotopic (exact) mass is 241 g/mol. The van der Waals surface area contributed by atoms with Gasteiger partial charge >= 0.3 is 5.69 Å². The Morgan fingerprint density at radius 3 is 3.12 bits per heavy atom. The van der Waals surface area contributed by atoms with Crippen molar-refractivity contribution in [2.24, 2.45) is 0 Å². The molecule has 1 aromatic heterocycles. The van der Waals surface area contributed by atoms with Crippen molar-refractivity contribution in [1.29, 1.82) is 0 Å². The molecule has 0 aromatic carbocycles. The van der Waals surface area contributed by atoms with Gasteiger partial charge in [-0.05, 0) is 12.2 Å². The second-order valence-electron chi connectivity index (χ2n) is 3.42. The van der Waals surface area contributed by atoms with E-state index >= 15 is 0 Å². The summed E-state index contributed by atoms with van der Waals surface area (Å²) >= 11 is 1.81. The van der Waals surface area contributed by atoms with Gasteiger partial charge in [-0.3, -0.25) is 10.1 Å². The molecule has 2 heterocycles. The third-order valence-corrected chi connectivity index (χ3v) is 3.42. The Hall–Kier alpha value is -1.57. The van der Waals surface area contributed by atoms with Crippen LogP contribution < -0.4 is 11.1 Å². The Morgan fingerprint density at radius 2 is 2.50 bits per heavy atom. The molecule has 1 saturated heterocycles. The van der Waals surface area contributed by atoms with Crippen LogP contribution in [-0.4, -0.2) is 32.4 Å². The molecule has 0 aliphatic carbocycles. The van der Waals surface area contributed by atoms with E-state index in [0.717, 1.165) is 24.1 Å². The van der Waals surface area contributed by atoms with Crippen LogP contribution in [0.3, 0.4) is 0 Å². The van der Waals surface area contributed by atoms with Crippen LogP contribution in [0.5, 0.6) is 0 Å². The van der Waals surface area contributed by atoms with Crippen LogP contribution in [0.2, 0.25) is 0 Å². The van der Waals surface area contributed by atoms with Crippen molar-refractivity contribution >= 4 is 29.2 Å². The number of nitro groups is 1. The average Bonchev–Trinajstić information content (AvgIpc) is 2.70. The highest BCUT2D eigenvalue weighted by atomic mass is 32.2. The van der Waals surface area contributed by atoms with Crippen LogP contribution in [0.1, 0.15) is 6.42 Å². The molecular weight excluding hydrogens is 230 g/mol. The van der Waals surface area contributed by atoms with Crippen LogP contribution in [0, 0.1) is 10.1 Å². The molecule has 0 spiro atoms. The van der Waals surface area contributed by atoms with Crippen molar-refractivity contribution in [3.63, 3.8) is 0 Å². The van der Waals surface area contributed by atoms with Crippen LogP contribution in [0.15, 0.2) is 6.20 Å². The van der Waals surface area contributed by atoms with Crippen molar-refractivity contribution in [3.8, 4) is 0 Å². The second-order valence-corrected chi connectivity index (χ2v) is 4.57. The molecule has 1 aliphatic rings. The fourth-order valence-electron chi connectivity index (χ4n) is 1.47. The van der Waals surface area contributed by atoms with Gasteiger partial charge in [0.1, 0.15) is 6.20 Å². The Bertz CT molecular complexity index is 407. The summed E-state index contributed by atoms with van der Waals surface area (Å²) in [7, 11) is 0. The van der Waals surface area contributed by atoms with E-state index in [-0.39, 0.29) is 23.5 Å². The third-order valence-electron chi connectivity index (χ3n) is 2.26. The molecule has 1 fully saturated rings. The van der Waals surface area contributed by atoms with Gasteiger partial charge in [0.2, 0.25) is 11.8 Å². The van der Waals surface area contributed by atoms with Crippen molar-refractivity contribution in [2.75, 3.05) is 22.6 Å². The van der Waals surface area contributed by atoms with Gasteiger partial charge in [0.25, 0.3) is 0 Å². The van der Waals surface area contributed by atoms with Gasteiger partial charge < -0.3 is 11.1 Å². The molecular formula is C8H11N5O2S. The molecule has 8 heteroatoms. The molecule has 16 heavy (non-hydrogen) atoms. The summed E-state index contributed by atoms with van der Waals surface area (Å²) in [6.45, 7) is 0. The number of nitrogens with two attached hydrogens (primary N) is 1. The summed E-state index contributed by atoms with van der Waals surface area (Å²) in [4.78, 5) is 17.7. The van der Waals surface area contributed by atoms with E-state index < -0.39 is 4.92 Å². The van der Waals surface area contributed by atoms with Gasteiger partial charge in [0.05, 0.1) is 4.92 Å². The number of thioether (sulfide) groups is 1. The SMILES string of the molecule is Nc1ncc([N+](=O)[O-])c(NC2CCSC2)n1. The van der Waals surface area contributed by atoms with E-state index in [2.05, 4.69) is 15.3 Å². The minimum Gasteiger partial charge on any atom is -0.368 e. The maximum Gasteiger partial charge on any atom is 0.329 e. The van der Waals surface area contributed by atoms with Crippen molar-refractivity contribution in [2.45, 2.75) is 12.5 Å². The minimum absolute atomic E-state index is 0.0405. The Labute approximate surface area is 96.0 Å². The van der Waals surface area contributed by atoms with E-state index in [1.165, 1.54) is 0 Å². The molecule has 1 unspecified atom stereocenters. The number of rotatable bonds is 3. The smallest absolute Gasteiger partial charge is 0.329 e. The number of hydrogen-bond donors (Lipinski definition) is 2. The first-order valence-electron chi connectivity index (χ1n) is 4.78. The lowest BCUT2D eigenvalue weighted by Crippen LogP contribution is -2.20. The topological polar surface area (TPSA) is 107 Å². The summed E-state index contributed by atoms with van der Waals surface area (Å²) in [6, 6.07) is 0.220. The molecule has 7 nitrogen and oxygen atoms in total. The maximum absolute atomic E-state index is 10.7. The van der Waals surface area contributed by atoms with Crippen molar-refractivity contribution in [3.05, 3.63) is 16.3 Å². The lowest BCUT2D eigenvalue weighted by molar-refractivity contribution is -0.384. The molecule has 1 aromatic rings. The predicted octanol–water partition coefficient (Wildman–Crippen LogP) is 0.884. The van der Waals surface area contributed by atoms with E-state index in [9.17, 15) is 10.1 Å². The standard InChI is InChI=1S/C8H11N5O2S/c9-8-10-3-6(13(14)15)7(12-8)11-5-1-2-16-4-5/h3,5H,1-2,4H2,(H3,9,10,11,12). The minimum atomic E-state index is -0.510. The Balaban J connectivity index is 2.22. The number of nitrogens with one attached hydrogen (secondary N) is 1. The zero-order valence-electron chi connectivity index (χ0n) is 8.42. The third kappa shape index (κ3) is 2.32. The molecule has 0 bridgehead atoms. The molecule has 1 aliphatic heterocycles. The molecule has 0 amide bonds. The summed E-state index contributed by atoms with van der Waals surface area (Å²) in [5, 5.41) is 13.8. The summed E-state index contributed by atoms with van der Waals surface area (Å²) in [5.41, 5.74) is 5.28. The number of nitrogens with zero attached hydrogens (tertiary/aromatic N) is 3. The largest absolute Gasteiger partial charge is 0.368 e. The average molecular weight is 241 g/mol. The number of aromatic nitrogens is 2. The van der Waals surface area contributed by atoms with E-state index in [1.807, 2.05) is 11.8 Å². The number of nitrogen functional groups attached to an aromatic ring is 1. The molecule has 0 saturated carbocycles. The highest BCUT2D eigenvalue weighted by Gasteiger charge is 2.22. The zero-order chi connectivity index (χ0) is 11.5.